The Morgan fingerprint density at radius 1 is 1.15 bits per heavy atom. The number of piperazine rings is 1. The molecule has 2 amide bonds. The lowest BCUT2D eigenvalue weighted by Gasteiger charge is -2.33. The number of ether oxygens (including phenoxy) is 1. The molecular formula is C25H40N8O5S. The number of sulfonamides is 1. The van der Waals surface area contributed by atoms with Crippen molar-refractivity contribution in [2.45, 2.75) is 45.1 Å². The molecule has 3 N–H and O–H groups in total. The molecule has 2 aromatic rings. The van der Waals surface area contributed by atoms with Crippen molar-refractivity contribution in [1.29, 1.82) is 0 Å². The van der Waals surface area contributed by atoms with Crippen molar-refractivity contribution in [2.75, 3.05) is 65.3 Å². The average Bonchev–Trinajstić information content (AvgIpc) is 3.25. The summed E-state index contributed by atoms with van der Waals surface area (Å²) in [4.78, 5) is 34.1. The molecule has 0 atom stereocenters. The molecule has 1 aliphatic heterocycles. The Morgan fingerprint density at radius 2 is 1.85 bits per heavy atom. The number of nitrogens with zero attached hydrogens (tertiary/aromatic N) is 6. The summed E-state index contributed by atoms with van der Waals surface area (Å²) in [7, 11) is 0.0442. The predicted octanol–water partition coefficient (Wildman–Crippen LogP) is 0.868. The molecule has 3 rings (SSSR count). The SMILES string of the molecule is CCOc1ncc(S(=O)(=O)N2CCN(CC)CC2)cc1C(=O)Nc1c(C(N)=O)nn(CCCN(C)C)c1CC. The lowest BCUT2D eigenvalue weighted by Crippen LogP contribution is -2.48. The Balaban J connectivity index is 1.95. The van der Waals surface area contributed by atoms with Crippen LogP contribution in [0.1, 0.15) is 53.7 Å². The van der Waals surface area contributed by atoms with E-state index in [4.69, 9.17) is 10.5 Å². The number of likely N-dealkylation sites (N-methyl/N-ethyl adjacent to an activating group) is 1. The van der Waals surface area contributed by atoms with Gasteiger partial charge in [0.15, 0.2) is 5.69 Å². The molecule has 1 aliphatic rings. The van der Waals surface area contributed by atoms with Crippen LogP contribution in [0.2, 0.25) is 0 Å². The Labute approximate surface area is 230 Å². The number of carbonyl (C=O) groups excluding carboxylic acids is 2. The fourth-order valence-corrected chi connectivity index (χ4v) is 5.88. The van der Waals surface area contributed by atoms with Gasteiger partial charge in [0.05, 0.1) is 24.2 Å². The second-order valence-corrected chi connectivity index (χ2v) is 11.5. The van der Waals surface area contributed by atoms with E-state index in [9.17, 15) is 18.0 Å². The number of pyridine rings is 1. The lowest BCUT2D eigenvalue weighted by atomic mass is 10.2. The minimum Gasteiger partial charge on any atom is -0.477 e. The number of aromatic nitrogens is 3. The van der Waals surface area contributed by atoms with E-state index in [2.05, 4.69) is 20.3 Å². The number of anilines is 1. The number of primary amides is 1. The molecule has 14 heteroatoms. The third-order valence-electron chi connectivity index (χ3n) is 6.61. The van der Waals surface area contributed by atoms with Gasteiger partial charge in [-0.05, 0) is 53.0 Å². The zero-order chi connectivity index (χ0) is 28.7. The number of amides is 2. The molecule has 0 unspecified atom stereocenters. The quantitative estimate of drug-likeness (QED) is 0.360. The smallest absolute Gasteiger partial charge is 0.271 e. The van der Waals surface area contributed by atoms with Crippen molar-refractivity contribution in [2.24, 2.45) is 5.73 Å². The lowest BCUT2D eigenvalue weighted by molar-refractivity contribution is 0.0995. The molecule has 0 saturated carbocycles. The molecule has 2 aromatic heterocycles. The highest BCUT2D eigenvalue weighted by Crippen LogP contribution is 2.27. The number of nitrogens with two attached hydrogens (primary N) is 1. The van der Waals surface area contributed by atoms with Crippen LogP contribution in [0.4, 0.5) is 5.69 Å². The molecule has 0 spiro atoms. The second-order valence-electron chi connectivity index (χ2n) is 9.52. The van der Waals surface area contributed by atoms with Crippen LogP contribution in [-0.4, -0.2) is 109 Å². The first-order valence-corrected chi connectivity index (χ1v) is 14.7. The summed E-state index contributed by atoms with van der Waals surface area (Å²) in [5, 5.41) is 7.12. The van der Waals surface area contributed by atoms with E-state index < -0.39 is 21.8 Å². The molecule has 216 valence electrons. The Hall–Kier alpha value is -3.07. The molecule has 0 aromatic carbocycles. The molecule has 0 bridgehead atoms. The average molecular weight is 565 g/mol. The minimum absolute atomic E-state index is 0.0122. The molecule has 13 nitrogen and oxygen atoms in total. The van der Waals surface area contributed by atoms with E-state index in [1.807, 2.05) is 32.8 Å². The van der Waals surface area contributed by atoms with Crippen molar-refractivity contribution in [1.82, 2.24) is 28.9 Å². The van der Waals surface area contributed by atoms with Crippen LogP contribution < -0.4 is 15.8 Å². The molecule has 1 saturated heterocycles. The van der Waals surface area contributed by atoms with Gasteiger partial charge in [0.2, 0.25) is 15.9 Å². The maximum atomic E-state index is 13.6. The summed E-state index contributed by atoms with van der Waals surface area (Å²) in [6.45, 7) is 10.0. The van der Waals surface area contributed by atoms with Crippen LogP contribution in [0.15, 0.2) is 17.2 Å². The normalized spacial score (nSPS) is 15.0. The summed E-state index contributed by atoms with van der Waals surface area (Å²) in [5.41, 5.74) is 6.31. The van der Waals surface area contributed by atoms with Gasteiger partial charge in [-0.15, -0.1) is 0 Å². The van der Waals surface area contributed by atoms with Gasteiger partial charge in [-0.2, -0.15) is 9.40 Å². The monoisotopic (exact) mass is 564 g/mol. The summed E-state index contributed by atoms with van der Waals surface area (Å²) < 4.78 is 35.4. The molecular weight excluding hydrogens is 524 g/mol. The molecule has 0 aliphatic carbocycles. The van der Waals surface area contributed by atoms with Gasteiger partial charge in [0.1, 0.15) is 10.5 Å². The molecule has 3 heterocycles. The number of nitrogens with one attached hydrogen (secondary N) is 1. The number of rotatable bonds is 13. The van der Waals surface area contributed by atoms with Crippen molar-refractivity contribution in [3.63, 3.8) is 0 Å². The summed E-state index contributed by atoms with van der Waals surface area (Å²) in [6, 6.07) is 1.27. The van der Waals surface area contributed by atoms with Gasteiger partial charge in [0.25, 0.3) is 11.8 Å². The maximum Gasteiger partial charge on any atom is 0.271 e. The van der Waals surface area contributed by atoms with E-state index in [0.29, 0.717) is 44.8 Å². The van der Waals surface area contributed by atoms with E-state index >= 15 is 0 Å². The third kappa shape index (κ3) is 7.12. The summed E-state index contributed by atoms with van der Waals surface area (Å²) >= 11 is 0. The summed E-state index contributed by atoms with van der Waals surface area (Å²) in [5.74, 6) is -1.47. The van der Waals surface area contributed by atoms with Crippen LogP contribution in [0.25, 0.3) is 0 Å². The van der Waals surface area contributed by atoms with Crippen molar-refractivity contribution < 1.29 is 22.7 Å². The van der Waals surface area contributed by atoms with Gasteiger partial charge < -0.3 is 25.6 Å². The van der Waals surface area contributed by atoms with Crippen LogP contribution in [0, 0.1) is 0 Å². The van der Waals surface area contributed by atoms with E-state index in [1.54, 1.807) is 11.6 Å². The van der Waals surface area contributed by atoms with Crippen LogP contribution in [-0.2, 0) is 23.0 Å². The van der Waals surface area contributed by atoms with Crippen LogP contribution in [0.5, 0.6) is 5.88 Å². The molecule has 1 fully saturated rings. The van der Waals surface area contributed by atoms with Crippen molar-refractivity contribution >= 4 is 27.5 Å². The minimum atomic E-state index is -3.89. The second kappa shape index (κ2) is 13.3. The molecule has 0 radical (unpaired) electrons. The highest BCUT2D eigenvalue weighted by atomic mass is 32.2. The highest BCUT2D eigenvalue weighted by molar-refractivity contribution is 7.89. The van der Waals surface area contributed by atoms with Gasteiger partial charge in [0, 0.05) is 32.7 Å². The standard InChI is InChI=1S/C25H40N8O5S/c1-6-20-21(22(23(26)34)29-33(20)11-9-10-30(4)5)28-24(35)19-16-18(17-27-25(19)38-8-3)39(36,37)32-14-12-31(7-2)13-15-32/h16-17H,6-15H2,1-5H3,(H2,26,34)(H,28,35). The van der Waals surface area contributed by atoms with Gasteiger partial charge in [-0.3, -0.25) is 14.3 Å². The van der Waals surface area contributed by atoms with Gasteiger partial charge in [-0.25, -0.2) is 13.4 Å². The summed E-state index contributed by atoms with van der Waals surface area (Å²) in [6.07, 6.45) is 2.46. The number of hydrogen-bond donors (Lipinski definition) is 2. The Bertz CT molecular complexity index is 1270. The number of aryl methyl sites for hydroxylation is 1. The first kappa shape index (κ1) is 30.5. The first-order valence-electron chi connectivity index (χ1n) is 13.2. The zero-order valence-corrected chi connectivity index (χ0v) is 24.3. The number of carbonyl (C=O) groups is 2. The predicted molar refractivity (Wildman–Crippen MR) is 148 cm³/mol. The topological polar surface area (TPSA) is 156 Å². The van der Waals surface area contributed by atoms with E-state index in [1.165, 1.54) is 16.6 Å². The van der Waals surface area contributed by atoms with Gasteiger partial charge >= 0.3 is 0 Å². The largest absolute Gasteiger partial charge is 0.477 e. The Morgan fingerprint density at radius 3 is 2.41 bits per heavy atom. The third-order valence-corrected chi connectivity index (χ3v) is 8.47. The number of hydrogen-bond acceptors (Lipinski definition) is 9. The maximum absolute atomic E-state index is 13.6. The van der Waals surface area contributed by atoms with Gasteiger partial charge in [-0.1, -0.05) is 13.8 Å². The zero-order valence-electron chi connectivity index (χ0n) is 23.4. The van der Waals surface area contributed by atoms with Crippen molar-refractivity contribution in [3.8, 4) is 5.88 Å². The van der Waals surface area contributed by atoms with E-state index in [0.717, 1.165) is 19.5 Å². The molecule has 39 heavy (non-hydrogen) atoms. The fraction of sp³-hybridized carbons (Fsp3) is 0.600. The van der Waals surface area contributed by atoms with Crippen LogP contribution >= 0.6 is 0 Å². The van der Waals surface area contributed by atoms with Crippen molar-refractivity contribution in [3.05, 3.63) is 29.2 Å². The fourth-order valence-electron chi connectivity index (χ4n) is 4.49. The Kier molecular flexibility index (Phi) is 10.4. The van der Waals surface area contributed by atoms with Crippen LogP contribution in [0.3, 0.4) is 0 Å². The van der Waals surface area contributed by atoms with E-state index in [-0.39, 0.29) is 34.3 Å². The highest BCUT2D eigenvalue weighted by Gasteiger charge is 2.31. The first-order chi connectivity index (χ1) is 18.5.